The van der Waals surface area contributed by atoms with Crippen LogP contribution in [0.15, 0.2) is 54.6 Å². The fourth-order valence-corrected chi connectivity index (χ4v) is 3.72. The van der Waals surface area contributed by atoms with Gasteiger partial charge in [0.25, 0.3) is 11.8 Å². The van der Waals surface area contributed by atoms with Crippen LogP contribution in [0.4, 0.5) is 10.5 Å². The average Bonchev–Trinajstić information content (AvgIpc) is 2.99. The second-order valence-electron chi connectivity index (χ2n) is 6.55. The molecule has 1 heterocycles. The van der Waals surface area contributed by atoms with Crippen molar-refractivity contribution in [1.29, 1.82) is 0 Å². The van der Waals surface area contributed by atoms with Crippen molar-refractivity contribution in [2.75, 3.05) is 5.32 Å². The van der Waals surface area contributed by atoms with Crippen LogP contribution in [0.3, 0.4) is 0 Å². The van der Waals surface area contributed by atoms with Crippen molar-refractivity contribution in [3.63, 3.8) is 0 Å². The Morgan fingerprint density at radius 3 is 2.11 bits per heavy atom. The summed E-state index contributed by atoms with van der Waals surface area (Å²) < 4.78 is 0. The first kappa shape index (κ1) is 15.6. The number of imide groups is 1. The van der Waals surface area contributed by atoms with Crippen molar-refractivity contribution in [3.8, 4) is 0 Å². The minimum atomic E-state index is -0.867. The lowest BCUT2D eigenvalue weighted by molar-refractivity contribution is -0.170. The molecular formula is C21H14N2O4. The quantitative estimate of drug-likeness (QED) is 0.430. The molecule has 4 aromatic carbocycles. The number of amides is 3. The first-order valence-electron chi connectivity index (χ1n) is 8.63. The molecule has 0 aromatic heterocycles. The van der Waals surface area contributed by atoms with E-state index in [1.165, 1.54) is 0 Å². The standard InChI is InChI=1S/C21H14N2O4/c24-17-10-11-18(25)23(17)27-21(26)22-16-9-7-14-5-4-12-2-1-3-13-6-8-15(16)20(14)19(12)13/h1-9H,10-11H2,(H,22,26). The molecule has 0 saturated carbocycles. The van der Waals surface area contributed by atoms with Crippen LogP contribution in [0.1, 0.15) is 12.8 Å². The van der Waals surface area contributed by atoms with Crippen molar-refractivity contribution in [1.82, 2.24) is 5.06 Å². The van der Waals surface area contributed by atoms with Crippen molar-refractivity contribution < 1.29 is 19.2 Å². The van der Waals surface area contributed by atoms with Gasteiger partial charge in [-0.3, -0.25) is 14.9 Å². The van der Waals surface area contributed by atoms with Gasteiger partial charge in [-0.05, 0) is 33.0 Å². The SMILES string of the molecule is O=C(Nc1ccc2ccc3cccc4ccc1c2c34)ON1C(=O)CCC1=O. The lowest BCUT2D eigenvalue weighted by atomic mass is 9.93. The number of anilines is 1. The van der Waals surface area contributed by atoms with Gasteiger partial charge in [0.1, 0.15) is 0 Å². The minimum absolute atomic E-state index is 0.0604. The number of nitrogens with one attached hydrogen (secondary N) is 1. The second kappa shape index (κ2) is 5.67. The third kappa shape index (κ3) is 2.38. The topological polar surface area (TPSA) is 75.7 Å². The van der Waals surface area contributed by atoms with E-state index < -0.39 is 17.9 Å². The lowest BCUT2D eigenvalue weighted by Crippen LogP contribution is -2.33. The molecule has 0 atom stereocenters. The maximum atomic E-state index is 12.2. The Morgan fingerprint density at radius 2 is 1.41 bits per heavy atom. The summed E-state index contributed by atoms with van der Waals surface area (Å²) in [5.41, 5.74) is 0.560. The zero-order chi connectivity index (χ0) is 18.5. The number of nitrogens with zero attached hydrogens (tertiary/aromatic N) is 1. The van der Waals surface area contributed by atoms with Crippen LogP contribution in [0, 0.1) is 0 Å². The fourth-order valence-electron chi connectivity index (χ4n) is 3.72. The van der Waals surface area contributed by atoms with Crippen LogP contribution < -0.4 is 5.32 Å². The van der Waals surface area contributed by atoms with Gasteiger partial charge in [-0.15, -0.1) is 5.06 Å². The molecular weight excluding hydrogens is 344 g/mol. The van der Waals surface area contributed by atoms with Gasteiger partial charge in [-0.25, -0.2) is 4.79 Å². The maximum Gasteiger partial charge on any atom is 0.436 e. The van der Waals surface area contributed by atoms with Gasteiger partial charge in [-0.1, -0.05) is 48.5 Å². The molecule has 1 fully saturated rings. The Kier molecular flexibility index (Phi) is 3.27. The van der Waals surface area contributed by atoms with Crippen molar-refractivity contribution in [3.05, 3.63) is 54.6 Å². The van der Waals surface area contributed by atoms with Crippen LogP contribution in [-0.2, 0) is 14.4 Å². The van der Waals surface area contributed by atoms with Crippen LogP contribution in [-0.4, -0.2) is 23.0 Å². The average molecular weight is 358 g/mol. The Labute approximate surface area is 153 Å². The van der Waals surface area contributed by atoms with Gasteiger partial charge in [-0.2, -0.15) is 0 Å². The summed E-state index contributed by atoms with van der Waals surface area (Å²) >= 11 is 0. The van der Waals surface area contributed by atoms with E-state index in [1.54, 1.807) is 6.07 Å². The smallest absolute Gasteiger partial charge is 0.311 e. The molecule has 0 radical (unpaired) electrons. The summed E-state index contributed by atoms with van der Waals surface area (Å²) in [6.45, 7) is 0. The highest BCUT2D eigenvalue weighted by Gasteiger charge is 2.33. The Hall–Kier alpha value is -3.67. The molecule has 1 aliphatic heterocycles. The molecule has 6 heteroatoms. The molecule has 1 aliphatic rings. The normalized spacial score (nSPS) is 14.6. The predicted molar refractivity (Wildman–Crippen MR) is 101 cm³/mol. The van der Waals surface area contributed by atoms with E-state index in [9.17, 15) is 14.4 Å². The van der Waals surface area contributed by atoms with E-state index >= 15 is 0 Å². The Morgan fingerprint density at radius 1 is 0.815 bits per heavy atom. The lowest BCUT2D eigenvalue weighted by Gasteiger charge is -2.16. The molecule has 1 N–H and O–H groups in total. The third-order valence-corrected chi connectivity index (χ3v) is 4.95. The van der Waals surface area contributed by atoms with E-state index in [0.29, 0.717) is 10.8 Å². The van der Waals surface area contributed by atoms with E-state index in [2.05, 4.69) is 23.5 Å². The number of carbonyl (C=O) groups is 3. The predicted octanol–water partition coefficient (Wildman–Crippen LogP) is 4.20. The third-order valence-electron chi connectivity index (χ3n) is 4.95. The molecule has 0 spiro atoms. The Balaban J connectivity index is 1.56. The molecule has 6 nitrogen and oxygen atoms in total. The molecule has 3 amide bonds. The molecule has 0 unspecified atom stereocenters. The van der Waals surface area contributed by atoms with Gasteiger partial charge in [0.2, 0.25) is 0 Å². The van der Waals surface area contributed by atoms with Crippen molar-refractivity contribution in [2.45, 2.75) is 12.8 Å². The summed E-state index contributed by atoms with van der Waals surface area (Å²) in [5.74, 6) is -1.02. The van der Waals surface area contributed by atoms with Gasteiger partial charge < -0.3 is 4.84 Å². The molecule has 132 valence electrons. The van der Waals surface area contributed by atoms with Crippen molar-refractivity contribution >= 4 is 55.9 Å². The highest BCUT2D eigenvalue weighted by atomic mass is 16.7. The maximum absolute atomic E-state index is 12.2. The molecule has 5 rings (SSSR count). The highest BCUT2D eigenvalue weighted by Crippen LogP contribution is 2.37. The zero-order valence-corrected chi connectivity index (χ0v) is 14.2. The highest BCUT2D eigenvalue weighted by molar-refractivity contribution is 6.25. The fraction of sp³-hybridized carbons (Fsp3) is 0.0952. The number of hydrogen-bond donors (Lipinski definition) is 1. The van der Waals surface area contributed by atoms with Crippen molar-refractivity contribution in [2.24, 2.45) is 0 Å². The van der Waals surface area contributed by atoms with E-state index in [1.807, 2.05) is 30.3 Å². The monoisotopic (exact) mass is 358 g/mol. The van der Waals surface area contributed by atoms with Crippen LogP contribution in [0.25, 0.3) is 32.3 Å². The van der Waals surface area contributed by atoms with E-state index in [4.69, 9.17) is 4.84 Å². The van der Waals surface area contributed by atoms with Gasteiger partial charge in [0, 0.05) is 18.2 Å². The first-order valence-corrected chi connectivity index (χ1v) is 8.63. The molecule has 0 bridgehead atoms. The number of benzene rings is 4. The Bertz CT molecular complexity index is 1220. The summed E-state index contributed by atoms with van der Waals surface area (Å²) in [7, 11) is 0. The zero-order valence-electron chi connectivity index (χ0n) is 14.2. The van der Waals surface area contributed by atoms with Gasteiger partial charge in [0.05, 0.1) is 5.69 Å². The summed E-state index contributed by atoms with van der Waals surface area (Å²) in [4.78, 5) is 40.4. The summed E-state index contributed by atoms with van der Waals surface area (Å²) in [6.07, 6.45) is -0.746. The van der Waals surface area contributed by atoms with Crippen LogP contribution in [0.5, 0.6) is 0 Å². The number of hydroxylamine groups is 2. The number of hydrogen-bond acceptors (Lipinski definition) is 4. The van der Waals surface area contributed by atoms with E-state index in [-0.39, 0.29) is 12.8 Å². The van der Waals surface area contributed by atoms with Crippen LogP contribution in [0.2, 0.25) is 0 Å². The second-order valence-corrected chi connectivity index (χ2v) is 6.55. The van der Waals surface area contributed by atoms with Gasteiger partial charge >= 0.3 is 6.09 Å². The van der Waals surface area contributed by atoms with Crippen LogP contribution >= 0.6 is 0 Å². The summed E-state index contributed by atoms with van der Waals surface area (Å²) in [6, 6.07) is 17.9. The minimum Gasteiger partial charge on any atom is -0.311 e. The number of carbonyl (C=O) groups excluding carboxylic acids is 3. The number of rotatable bonds is 2. The summed E-state index contributed by atoms with van der Waals surface area (Å²) in [5, 5.41) is 9.56. The van der Waals surface area contributed by atoms with E-state index in [0.717, 1.165) is 32.3 Å². The molecule has 27 heavy (non-hydrogen) atoms. The molecule has 1 saturated heterocycles. The molecule has 0 aliphatic carbocycles. The first-order chi connectivity index (χ1) is 13.1. The largest absolute Gasteiger partial charge is 0.436 e. The molecule has 4 aromatic rings. The van der Waals surface area contributed by atoms with Gasteiger partial charge in [0.15, 0.2) is 0 Å².